The van der Waals surface area contributed by atoms with E-state index in [0.29, 0.717) is 0 Å². The second kappa shape index (κ2) is 15.5. The van der Waals surface area contributed by atoms with Crippen molar-refractivity contribution < 1.29 is 0 Å². The Hall–Kier alpha value is -8.72. The zero-order valence-corrected chi connectivity index (χ0v) is 36.1. The molecule has 0 radical (unpaired) electrons. The van der Waals surface area contributed by atoms with Crippen molar-refractivity contribution in [2.75, 3.05) is 4.90 Å². The number of rotatable bonds is 7. The van der Waals surface area contributed by atoms with Gasteiger partial charge in [0, 0.05) is 33.4 Å². The van der Waals surface area contributed by atoms with Crippen LogP contribution < -0.4 is 4.90 Å². The smallest absolute Gasteiger partial charge is 0.0541 e. The molecule has 308 valence electrons. The number of hydrogen-bond donors (Lipinski definition) is 0. The minimum Gasteiger partial charge on any atom is -0.310 e. The number of benzene rings is 12. The van der Waals surface area contributed by atoms with Crippen LogP contribution in [0.3, 0.4) is 0 Å². The van der Waals surface area contributed by atoms with Gasteiger partial charge in [0.05, 0.1) is 16.7 Å². The highest BCUT2D eigenvalue weighted by atomic mass is 15.1. The van der Waals surface area contributed by atoms with E-state index in [2.05, 4.69) is 264 Å². The van der Waals surface area contributed by atoms with Crippen LogP contribution in [0.15, 0.2) is 255 Å². The third-order valence-corrected chi connectivity index (χ3v) is 13.5. The summed E-state index contributed by atoms with van der Waals surface area (Å²) < 4.78 is 2.41. The van der Waals surface area contributed by atoms with Crippen LogP contribution in [0.1, 0.15) is 0 Å². The number of para-hydroxylation sites is 2. The van der Waals surface area contributed by atoms with E-state index in [9.17, 15) is 0 Å². The topological polar surface area (TPSA) is 8.17 Å². The van der Waals surface area contributed by atoms with Crippen LogP contribution >= 0.6 is 0 Å². The van der Waals surface area contributed by atoms with E-state index in [1.807, 2.05) is 0 Å². The van der Waals surface area contributed by atoms with Crippen LogP contribution in [0, 0.1) is 0 Å². The normalized spacial score (nSPS) is 11.6. The first-order valence-electron chi connectivity index (χ1n) is 22.8. The summed E-state index contributed by atoms with van der Waals surface area (Å²) in [5.41, 5.74) is 14.0. The molecule has 1 heterocycles. The summed E-state index contributed by atoms with van der Waals surface area (Å²) >= 11 is 0. The average Bonchev–Trinajstić information content (AvgIpc) is 3.73. The second-order valence-electron chi connectivity index (χ2n) is 17.3. The van der Waals surface area contributed by atoms with Gasteiger partial charge in [-0.15, -0.1) is 0 Å². The van der Waals surface area contributed by atoms with E-state index in [1.54, 1.807) is 0 Å². The molecule has 0 aliphatic carbocycles. The molecule has 0 fully saturated rings. The lowest BCUT2D eigenvalue weighted by molar-refractivity contribution is 1.17. The average molecular weight is 839 g/mol. The Morgan fingerprint density at radius 1 is 0.273 bits per heavy atom. The predicted molar refractivity (Wildman–Crippen MR) is 282 cm³/mol. The number of nitrogens with zero attached hydrogens (tertiary/aromatic N) is 2. The van der Waals surface area contributed by atoms with E-state index < -0.39 is 0 Å². The van der Waals surface area contributed by atoms with Gasteiger partial charge in [-0.05, 0) is 138 Å². The molecule has 0 unspecified atom stereocenters. The molecule has 1 aromatic heterocycles. The van der Waals surface area contributed by atoms with Crippen LogP contribution in [0.25, 0.3) is 104 Å². The van der Waals surface area contributed by atoms with Gasteiger partial charge >= 0.3 is 0 Å². The standard InChI is InChI=1S/C64H42N2/c1-3-15-43(16-4-1)45-31-34-50(35-32-45)65(51-36-38-52(39-37-51)66-61-26-14-12-23-56(61)59-41-48(33-40-62(59)66)44-17-5-2-6-18-44)60-25-13-11-22-55(60)58-42-49-30-29-47-28-27-46-19-7-8-20-53(46)63(47)64(49)57-24-10-9-21-54(57)58/h1-42H. The summed E-state index contributed by atoms with van der Waals surface area (Å²) in [7, 11) is 0. The lowest BCUT2D eigenvalue weighted by Crippen LogP contribution is -2.11. The first-order valence-corrected chi connectivity index (χ1v) is 22.8. The first kappa shape index (κ1) is 37.8. The van der Waals surface area contributed by atoms with E-state index in [-0.39, 0.29) is 0 Å². The number of aromatic nitrogens is 1. The van der Waals surface area contributed by atoms with Gasteiger partial charge in [-0.1, -0.05) is 188 Å². The van der Waals surface area contributed by atoms with Crippen LogP contribution in [0.4, 0.5) is 17.1 Å². The highest BCUT2D eigenvalue weighted by Crippen LogP contribution is 2.47. The second-order valence-corrected chi connectivity index (χ2v) is 17.3. The van der Waals surface area contributed by atoms with E-state index in [0.717, 1.165) is 22.7 Å². The van der Waals surface area contributed by atoms with Gasteiger partial charge in [-0.2, -0.15) is 0 Å². The fourth-order valence-corrected chi connectivity index (χ4v) is 10.5. The molecule has 0 spiro atoms. The van der Waals surface area contributed by atoms with Crippen molar-refractivity contribution in [3.63, 3.8) is 0 Å². The highest BCUT2D eigenvalue weighted by molar-refractivity contribution is 6.29. The lowest BCUT2D eigenvalue weighted by Gasteiger charge is -2.29. The Balaban J connectivity index is 0.995. The Morgan fingerprint density at radius 3 is 1.55 bits per heavy atom. The maximum atomic E-state index is 2.43. The molecule has 13 aromatic rings. The lowest BCUT2D eigenvalue weighted by atomic mass is 9.88. The molecule has 0 bridgehead atoms. The van der Waals surface area contributed by atoms with Crippen molar-refractivity contribution in [2.24, 2.45) is 0 Å². The summed E-state index contributed by atoms with van der Waals surface area (Å²) in [4.78, 5) is 2.43. The molecule has 0 atom stereocenters. The molecule has 66 heavy (non-hydrogen) atoms. The minimum atomic E-state index is 1.08. The molecule has 0 amide bonds. The fourth-order valence-electron chi connectivity index (χ4n) is 10.5. The Bertz CT molecular complexity index is 3960. The van der Waals surface area contributed by atoms with Crippen molar-refractivity contribution in [1.29, 1.82) is 0 Å². The van der Waals surface area contributed by atoms with Gasteiger partial charge in [-0.3, -0.25) is 0 Å². The summed E-state index contributed by atoms with van der Waals surface area (Å²) in [6.45, 7) is 0. The van der Waals surface area contributed by atoms with Crippen molar-refractivity contribution in [3.8, 4) is 39.1 Å². The Morgan fingerprint density at radius 2 is 0.788 bits per heavy atom. The van der Waals surface area contributed by atoms with Gasteiger partial charge in [0.15, 0.2) is 0 Å². The molecule has 2 nitrogen and oxygen atoms in total. The fraction of sp³-hybridized carbons (Fsp3) is 0. The van der Waals surface area contributed by atoms with Gasteiger partial charge in [-0.25, -0.2) is 0 Å². The van der Waals surface area contributed by atoms with Crippen LogP contribution in [0.2, 0.25) is 0 Å². The van der Waals surface area contributed by atoms with Crippen molar-refractivity contribution in [2.45, 2.75) is 0 Å². The molecule has 0 saturated heterocycles. The van der Waals surface area contributed by atoms with Gasteiger partial charge in [0.2, 0.25) is 0 Å². The van der Waals surface area contributed by atoms with E-state index in [4.69, 9.17) is 0 Å². The molecule has 12 aromatic carbocycles. The summed E-state index contributed by atoms with van der Waals surface area (Å²) in [5.74, 6) is 0. The first-order chi connectivity index (χ1) is 32.7. The summed E-state index contributed by atoms with van der Waals surface area (Å²) in [6, 6.07) is 93.3. The third kappa shape index (κ3) is 6.18. The molecule has 0 saturated carbocycles. The van der Waals surface area contributed by atoms with Gasteiger partial charge < -0.3 is 9.47 Å². The maximum Gasteiger partial charge on any atom is 0.0541 e. The van der Waals surface area contributed by atoms with E-state index >= 15 is 0 Å². The molecular weight excluding hydrogens is 797 g/mol. The van der Waals surface area contributed by atoms with E-state index in [1.165, 1.54) is 98.3 Å². The zero-order chi connectivity index (χ0) is 43.6. The Labute approximate surface area is 383 Å². The SMILES string of the molecule is c1ccc(-c2ccc(N(c3ccc(-n4c5ccccc5c5cc(-c6ccccc6)ccc54)cc3)c3ccccc3-c3cc4ccc5ccc6ccccc6c5c4c4ccccc34)cc2)cc1. The summed E-state index contributed by atoms with van der Waals surface area (Å²) in [6.07, 6.45) is 0. The molecule has 2 heteroatoms. The summed E-state index contributed by atoms with van der Waals surface area (Å²) in [5, 5.41) is 12.6. The molecule has 0 aliphatic heterocycles. The van der Waals surface area contributed by atoms with Gasteiger partial charge in [0.25, 0.3) is 0 Å². The van der Waals surface area contributed by atoms with Crippen molar-refractivity contribution in [3.05, 3.63) is 255 Å². The van der Waals surface area contributed by atoms with Crippen LogP contribution in [-0.2, 0) is 0 Å². The third-order valence-electron chi connectivity index (χ3n) is 13.5. The van der Waals surface area contributed by atoms with Crippen molar-refractivity contribution >= 4 is 82.0 Å². The molecule has 0 N–H and O–H groups in total. The highest BCUT2D eigenvalue weighted by Gasteiger charge is 2.21. The number of fused-ring (bicyclic) bond motifs is 10. The molecule has 13 rings (SSSR count). The van der Waals surface area contributed by atoms with Crippen LogP contribution in [0.5, 0.6) is 0 Å². The van der Waals surface area contributed by atoms with Crippen LogP contribution in [-0.4, -0.2) is 4.57 Å². The zero-order valence-electron chi connectivity index (χ0n) is 36.1. The monoisotopic (exact) mass is 838 g/mol. The predicted octanol–water partition coefficient (Wildman–Crippen LogP) is 17.9. The maximum absolute atomic E-state index is 2.43. The van der Waals surface area contributed by atoms with Gasteiger partial charge in [0.1, 0.15) is 0 Å². The quantitative estimate of drug-likeness (QED) is 0.145. The largest absolute Gasteiger partial charge is 0.310 e. The number of hydrogen-bond acceptors (Lipinski definition) is 1. The van der Waals surface area contributed by atoms with Crippen molar-refractivity contribution in [1.82, 2.24) is 4.57 Å². The molecular formula is C64H42N2. The Kier molecular flexibility index (Phi) is 8.89. The minimum absolute atomic E-state index is 1.08. The number of anilines is 3. The molecule has 0 aliphatic rings.